The van der Waals surface area contributed by atoms with Crippen molar-refractivity contribution in [1.29, 1.82) is 0 Å². The number of rotatable bonds is 5. The van der Waals surface area contributed by atoms with E-state index in [-0.39, 0.29) is 17.9 Å². The molecule has 2 aromatic rings. The van der Waals surface area contributed by atoms with Gasteiger partial charge in [-0.1, -0.05) is 6.92 Å². The summed E-state index contributed by atoms with van der Waals surface area (Å²) in [4.78, 5) is 33.6. The van der Waals surface area contributed by atoms with Crippen LogP contribution in [0.5, 0.6) is 0 Å². The molecule has 0 aliphatic carbocycles. The SMILES string of the molecule is CCC1CCCCN1C(=O)c1cncc(C(=O)Nc2ccc(N(C)C)cc2)c1. The fourth-order valence-corrected chi connectivity index (χ4v) is 3.59. The second kappa shape index (κ2) is 8.87. The largest absolute Gasteiger partial charge is 0.378 e. The quantitative estimate of drug-likeness (QED) is 0.857. The Bertz CT molecular complexity index is 833. The highest BCUT2D eigenvalue weighted by molar-refractivity contribution is 6.05. The van der Waals surface area contributed by atoms with Gasteiger partial charge in [-0.15, -0.1) is 0 Å². The van der Waals surface area contributed by atoms with E-state index in [0.29, 0.717) is 16.8 Å². The molecule has 0 saturated carbocycles. The predicted octanol–water partition coefficient (Wildman–Crippen LogP) is 3.80. The predicted molar refractivity (Wildman–Crippen MR) is 112 cm³/mol. The van der Waals surface area contributed by atoms with Gasteiger partial charge in [0.15, 0.2) is 0 Å². The van der Waals surface area contributed by atoms with Gasteiger partial charge < -0.3 is 15.1 Å². The molecule has 6 nitrogen and oxygen atoms in total. The minimum Gasteiger partial charge on any atom is -0.378 e. The van der Waals surface area contributed by atoms with Crippen LogP contribution in [0.25, 0.3) is 0 Å². The number of hydrogen-bond acceptors (Lipinski definition) is 4. The van der Waals surface area contributed by atoms with Gasteiger partial charge in [-0.3, -0.25) is 14.6 Å². The third kappa shape index (κ3) is 4.50. The maximum atomic E-state index is 13.0. The number of likely N-dealkylation sites (tertiary alicyclic amines) is 1. The number of aromatic nitrogens is 1. The van der Waals surface area contributed by atoms with Crippen molar-refractivity contribution < 1.29 is 9.59 Å². The van der Waals surface area contributed by atoms with Gasteiger partial charge in [0.2, 0.25) is 0 Å². The molecule has 1 aliphatic heterocycles. The monoisotopic (exact) mass is 380 g/mol. The highest BCUT2D eigenvalue weighted by Gasteiger charge is 2.26. The summed E-state index contributed by atoms with van der Waals surface area (Å²) in [6.07, 6.45) is 7.22. The molecule has 0 bridgehead atoms. The number of carbonyl (C=O) groups is 2. The van der Waals surface area contributed by atoms with Gasteiger partial charge in [0.25, 0.3) is 11.8 Å². The third-order valence-electron chi connectivity index (χ3n) is 5.25. The second-order valence-electron chi connectivity index (χ2n) is 7.41. The van der Waals surface area contributed by atoms with Gasteiger partial charge in [-0.05, 0) is 56.0 Å². The summed E-state index contributed by atoms with van der Waals surface area (Å²) in [6.45, 7) is 2.88. The molecule has 1 aromatic carbocycles. The molecule has 3 rings (SSSR count). The van der Waals surface area contributed by atoms with Crippen LogP contribution >= 0.6 is 0 Å². The van der Waals surface area contributed by atoms with Crippen molar-refractivity contribution in [1.82, 2.24) is 9.88 Å². The first-order chi connectivity index (χ1) is 13.5. The molecule has 1 N–H and O–H groups in total. The lowest BCUT2D eigenvalue weighted by Crippen LogP contribution is -2.43. The first-order valence-corrected chi connectivity index (χ1v) is 9.84. The average Bonchev–Trinajstić information content (AvgIpc) is 2.73. The van der Waals surface area contributed by atoms with Crippen LogP contribution in [0.1, 0.15) is 53.3 Å². The summed E-state index contributed by atoms with van der Waals surface area (Å²) < 4.78 is 0. The number of piperidine rings is 1. The van der Waals surface area contributed by atoms with Gasteiger partial charge >= 0.3 is 0 Å². The first kappa shape index (κ1) is 19.9. The maximum Gasteiger partial charge on any atom is 0.257 e. The summed E-state index contributed by atoms with van der Waals surface area (Å²) in [5, 5.41) is 2.87. The standard InChI is InChI=1S/C22H28N4O2/c1-4-19-7-5-6-12-26(19)22(28)17-13-16(14-23-15-17)21(27)24-18-8-10-20(11-9-18)25(2)3/h8-11,13-15,19H,4-7,12H2,1-3H3,(H,24,27). The van der Waals surface area contributed by atoms with E-state index in [4.69, 9.17) is 0 Å². The zero-order valence-corrected chi connectivity index (χ0v) is 16.8. The van der Waals surface area contributed by atoms with Gasteiger partial charge in [-0.2, -0.15) is 0 Å². The Balaban J connectivity index is 1.73. The molecular weight excluding hydrogens is 352 g/mol. The summed E-state index contributed by atoms with van der Waals surface area (Å²) in [5.74, 6) is -0.311. The normalized spacial score (nSPS) is 16.5. The Labute approximate surface area is 166 Å². The van der Waals surface area contributed by atoms with E-state index in [2.05, 4.69) is 17.2 Å². The number of anilines is 2. The van der Waals surface area contributed by atoms with Crippen molar-refractivity contribution in [2.75, 3.05) is 30.9 Å². The van der Waals surface area contributed by atoms with Crippen molar-refractivity contribution in [2.24, 2.45) is 0 Å². The fourth-order valence-electron chi connectivity index (χ4n) is 3.59. The van der Waals surface area contributed by atoms with Crippen LogP contribution in [-0.4, -0.2) is 48.4 Å². The average molecular weight is 380 g/mol. The number of amides is 2. The molecule has 2 heterocycles. The zero-order chi connectivity index (χ0) is 20.1. The van der Waals surface area contributed by atoms with E-state index in [1.807, 2.05) is 48.2 Å². The molecule has 2 amide bonds. The zero-order valence-electron chi connectivity index (χ0n) is 16.8. The number of nitrogens with zero attached hydrogens (tertiary/aromatic N) is 3. The molecule has 1 saturated heterocycles. The van der Waals surface area contributed by atoms with Crippen LogP contribution in [0.2, 0.25) is 0 Å². The van der Waals surface area contributed by atoms with Crippen molar-refractivity contribution >= 4 is 23.2 Å². The van der Waals surface area contributed by atoms with Crippen molar-refractivity contribution in [2.45, 2.75) is 38.6 Å². The highest BCUT2D eigenvalue weighted by Crippen LogP contribution is 2.22. The molecule has 1 aliphatic rings. The Morgan fingerprint density at radius 3 is 2.54 bits per heavy atom. The summed E-state index contributed by atoms with van der Waals surface area (Å²) in [6, 6.07) is 9.50. The number of pyridine rings is 1. The molecule has 1 atom stereocenters. The number of nitrogens with one attached hydrogen (secondary N) is 1. The molecular formula is C22H28N4O2. The number of carbonyl (C=O) groups excluding carboxylic acids is 2. The smallest absolute Gasteiger partial charge is 0.257 e. The highest BCUT2D eigenvalue weighted by atomic mass is 16.2. The Morgan fingerprint density at radius 2 is 1.86 bits per heavy atom. The second-order valence-corrected chi connectivity index (χ2v) is 7.41. The van der Waals surface area contributed by atoms with Gasteiger partial charge in [0.1, 0.15) is 0 Å². The van der Waals surface area contributed by atoms with E-state index in [1.54, 1.807) is 12.3 Å². The van der Waals surface area contributed by atoms with E-state index in [0.717, 1.165) is 37.9 Å². The van der Waals surface area contributed by atoms with Crippen LogP contribution in [0.15, 0.2) is 42.7 Å². The molecule has 0 radical (unpaired) electrons. The van der Waals surface area contributed by atoms with Crippen LogP contribution in [0.3, 0.4) is 0 Å². The van der Waals surface area contributed by atoms with E-state index >= 15 is 0 Å². The molecule has 148 valence electrons. The lowest BCUT2D eigenvalue weighted by molar-refractivity contribution is 0.0607. The third-order valence-corrected chi connectivity index (χ3v) is 5.25. The molecule has 0 spiro atoms. The molecule has 1 fully saturated rings. The first-order valence-electron chi connectivity index (χ1n) is 9.84. The van der Waals surface area contributed by atoms with E-state index < -0.39 is 0 Å². The Morgan fingerprint density at radius 1 is 1.14 bits per heavy atom. The Hall–Kier alpha value is -2.89. The molecule has 1 unspecified atom stereocenters. The van der Waals surface area contributed by atoms with Gasteiger partial charge in [-0.25, -0.2) is 0 Å². The number of benzene rings is 1. The molecule has 6 heteroatoms. The summed E-state index contributed by atoms with van der Waals surface area (Å²) >= 11 is 0. The molecule has 28 heavy (non-hydrogen) atoms. The number of hydrogen-bond donors (Lipinski definition) is 1. The fraction of sp³-hybridized carbons (Fsp3) is 0.409. The van der Waals surface area contributed by atoms with Gasteiger partial charge in [0, 0.05) is 50.5 Å². The van der Waals surface area contributed by atoms with E-state index in [1.165, 1.54) is 6.20 Å². The summed E-state index contributed by atoms with van der Waals surface area (Å²) in [7, 11) is 3.93. The van der Waals surface area contributed by atoms with Gasteiger partial charge in [0.05, 0.1) is 11.1 Å². The summed E-state index contributed by atoms with van der Waals surface area (Å²) in [5.41, 5.74) is 2.61. The van der Waals surface area contributed by atoms with Crippen LogP contribution < -0.4 is 10.2 Å². The van der Waals surface area contributed by atoms with Crippen molar-refractivity contribution in [3.8, 4) is 0 Å². The minimum absolute atomic E-state index is 0.0379. The van der Waals surface area contributed by atoms with Crippen molar-refractivity contribution in [3.63, 3.8) is 0 Å². The van der Waals surface area contributed by atoms with E-state index in [9.17, 15) is 9.59 Å². The lowest BCUT2D eigenvalue weighted by atomic mass is 9.99. The van der Waals surface area contributed by atoms with Crippen molar-refractivity contribution in [3.05, 3.63) is 53.9 Å². The topological polar surface area (TPSA) is 65.5 Å². The maximum absolute atomic E-state index is 13.0. The van der Waals surface area contributed by atoms with Crippen LogP contribution in [-0.2, 0) is 0 Å². The minimum atomic E-state index is -0.273. The van der Waals surface area contributed by atoms with Crippen LogP contribution in [0, 0.1) is 0 Å². The molecule has 1 aromatic heterocycles. The van der Waals surface area contributed by atoms with Crippen LogP contribution in [0.4, 0.5) is 11.4 Å². The lowest BCUT2D eigenvalue weighted by Gasteiger charge is -2.35. The Kier molecular flexibility index (Phi) is 6.29.